The molecular formula is C22H24F2N8O. The van der Waals surface area contributed by atoms with E-state index >= 15 is 0 Å². The van der Waals surface area contributed by atoms with Crippen LogP contribution in [0.1, 0.15) is 26.0 Å². The predicted octanol–water partition coefficient (Wildman–Crippen LogP) is 2.91. The molecule has 2 N–H and O–H groups in total. The van der Waals surface area contributed by atoms with E-state index in [1.165, 1.54) is 16.6 Å². The van der Waals surface area contributed by atoms with Crippen LogP contribution in [0.4, 0.5) is 20.7 Å². The van der Waals surface area contributed by atoms with Crippen molar-refractivity contribution in [2.24, 2.45) is 0 Å². The fourth-order valence-corrected chi connectivity index (χ4v) is 3.80. The van der Waals surface area contributed by atoms with E-state index in [-0.39, 0.29) is 13.1 Å². The number of aryl methyl sites for hydroxylation is 1. The Morgan fingerprint density at radius 2 is 1.97 bits per heavy atom. The molecule has 0 amide bonds. The first-order chi connectivity index (χ1) is 15.7. The van der Waals surface area contributed by atoms with Crippen LogP contribution >= 0.6 is 0 Å². The van der Waals surface area contributed by atoms with Crippen molar-refractivity contribution in [3.05, 3.63) is 35.8 Å². The topological polar surface area (TPSA) is 104 Å². The third kappa shape index (κ3) is 4.28. The van der Waals surface area contributed by atoms with Crippen LogP contribution in [0.3, 0.4) is 0 Å². The number of nitrogens with zero attached hydrogens (tertiary/aromatic N) is 7. The Bertz CT molecular complexity index is 1350. The number of fused-ring (bicyclic) bond motifs is 2. The SMILES string of the molecule is Cc1nc2ccc(F)cc2nc1-c1cc2nc(N3CC[C@@H](F)C3)nc(NCC(C)(C)O)n2n1. The quantitative estimate of drug-likeness (QED) is 0.474. The number of benzene rings is 1. The smallest absolute Gasteiger partial charge is 0.230 e. The molecule has 9 nitrogen and oxygen atoms in total. The van der Waals surface area contributed by atoms with Crippen LogP contribution in [-0.2, 0) is 0 Å². The fourth-order valence-electron chi connectivity index (χ4n) is 3.80. The summed E-state index contributed by atoms with van der Waals surface area (Å²) in [6, 6.07) is 6.00. The number of aromatic nitrogens is 6. The van der Waals surface area contributed by atoms with Gasteiger partial charge in [-0.15, -0.1) is 0 Å². The lowest BCUT2D eigenvalue weighted by molar-refractivity contribution is 0.0942. The molecule has 0 aliphatic carbocycles. The van der Waals surface area contributed by atoms with Gasteiger partial charge in [0.15, 0.2) is 5.65 Å². The summed E-state index contributed by atoms with van der Waals surface area (Å²) in [7, 11) is 0. The molecule has 0 saturated carbocycles. The number of anilines is 2. The Morgan fingerprint density at radius 3 is 2.70 bits per heavy atom. The van der Waals surface area contributed by atoms with E-state index in [0.29, 0.717) is 58.6 Å². The number of hydrogen-bond acceptors (Lipinski definition) is 8. The lowest BCUT2D eigenvalue weighted by Crippen LogP contribution is -2.31. The summed E-state index contributed by atoms with van der Waals surface area (Å²) >= 11 is 0. The normalized spacial score (nSPS) is 16.8. The summed E-state index contributed by atoms with van der Waals surface area (Å²) in [6.07, 6.45) is -0.498. The number of halogens is 2. The maximum absolute atomic E-state index is 13.8. The van der Waals surface area contributed by atoms with Gasteiger partial charge < -0.3 is 15.3 Å². The lowest BCUT2D eigenvalue weighted by atomic mass is 10.1. The van der Waals surface area contributed by atoms with Crippen molar-refractivity contribution in [1.82, 2.24) is 29.5 Å². The third-order valence-corrected chi connectivity index (χ3v) is 5.45. The molecule has 33 heavy (non-hydrogen) atoms. The van der Waals surface area contributed by atoms with Gasteiger partial charge >= 0.3 is 0 Å². The first-order valence-corrected chi connectivity index (χ1v) is 10.7. The zero-order valence-electron chi connectivity index (χ0n) is 18.5. The molecule has 1 fully saturated rings. The second-order valence-corrected chi connectivity index (χ2v) is 8.94. The first kappa shape index (κ1) is 21.4. The average Bonchev–Trinajstić information content (AvgIpc) is 3.37. The van der Waals surface area contributed by atoms with Crippen LogP contribution in [0.2, 0.25) is 0 Å². The van der Waals surface area contributed by atoms with E-state index < -0.39 is 17.6 Å². The summed E-state index contributed by atoms with van der Waals surface area (Å²) < 4.78 is 29.0. The van der Waals surface area contributed by atoms with Gasteiger partial charge in [-0.25, -0.2) is 18.7 Å². The Balaban J connectivity index is 1.62. The van der Waals surface area contributed by atoms with E-state index in [9.17, 15) is 13.9 Å². The van der Waals surface area contributed by atoms with Crippen molar-refractivity contribution in [3.63, 3.8) is 0 Å². The highest BCUT2D eigenvalue weighted by molar-refractivity contribution is 5.78. The molecule has 4 aromatic rings. The maximum atomic E-state index is 13.8. The monoisotopic (exact) mass is 454 g/mol. The van der Waals surface area contributed by atoms with Crippen molar-refractivity contribution in [2.75, 3.05) is 29.9 Å². The van der Waals surface area contributed by atoms with Gasteiger partial charge in [0.05, 0.1) is 28.9 Å². The van der Waals surface area contributed by atoms with Gasteiger partial charge in [-0.3, -0.25) is 0 Å². The summed E-state index contributed by atoms with van der Waals surface area (Å²) in [6.45, 7) is 6.12. The molecular weight excluding hydrogens is 430 g/mol. The number of aliphatic hydroxyl groups is 1. The van der Waals surface area contributed by atoms with Crippen LogP contribution in [0, 0.1) is 12.7 Å². The highest BCUT2D eigenvalue weighted by Gasteiger charge is 2.26. The lowest BCUT2D eigenvalue weighted by Gasteiger charge is -2.20. The number of nitrogens with one attached hydrogen (secondary N) is 1. The van der Waals surface area contributed by atoms with Gasteiger partial charge in [0, 0.05) is 25.2 Å². The molecule has 4 heterocycles. The van der Waals surface area contributed by atoms with Gasteiger partial charge in [0.2, 0.25) is 11.9 Å². The fraction of sp³-hybridized carbons (Fsp3) is 0.409. The molecule has 1 atom stereocenters. The van der Waals surface area contributed by atoms with Crippen LogP contribution in [0.5, 0.6) is 0 Å². The van der Waals surface area contributed by atoms with Gasteiger partial charge in [-0.2, -0.15) is 19.6 Å². The third-order valence-electron chi connectivity index (χ3n) is 5.45. The highest BCUT2D eigenvalue weighted by Crippen LogP contribution is 2.26. The molecule has 0 unspecified atom stereocenters. The van der Waals surface area contributed by atoms with Crippen molar-refractivity contribution in [3.8, 4) is 11.4 Å². The summed E-state index contributed by atoms with van der Waals surface area (Å²) in [5.74, 6) is 0.353. The van der Waals surface area contributed by atoms with E-state index in [1.807, 2.05) is 6.92 Å². The highest BCUT2D eigenvalue weighted by atomic mass is 19.1. The van der Waals surface area contributed by atoms with Gasteiger partial charge in [0.25, 0.3) is 0 Å². The standard InChI is InChI=1S/C22H24F2N8O/c1-12-19(27-16-8-13(23)4-5-15(16)26-12)17-9-18-28-21(31-7-6-14(24)10-31)29-20(32(18)30-17)25-11-22(2,3)33/h4-5,8-9,14,33H,6-7,10-11H2,1-3H3,(H,25,28,29)/t14-/m1/s1. The van der Waals surface area contributed by atoms with Crippen LogP contribution in [0.25, 0.3) is 28.1 Å². The van der Waals surface area contributed by atoms with Crippen LogP contribution in [0.15, 0.2) is 24.3 Å². The van der Waals surface area contributed by atoms with Crippen molar-refractivity contribution in [1.29, 1.82) is 0 Å². The average molecular weight is 454 g/mol. The summed E-state index contributed by atoms with van der Waals surface area (Å²) in [5.41, 5.74) is 2.13. The molecule has 11 heteroatoms. The molecule has 172 valence electrons. The molecule has 0 radical (unpaired) electrons. The van der Waals surface area contributed by atoms with E-state index in [0.717, 1.165) is 0 Å². The molecule has 1 saturated heterocycles. The zero-order valence-corrected chi connectivity index (χ0v) is 18.5. The molecule has 1 aliphatic rings. The minimum absolute atomic E-state index is 0.216. The first-order valence-electron chi connectivity index (χ1n) is 10.7. The molecule has 3 aromatic heterocycles. The maximum Gasteiger partial charge on any atom is 0.230 e. The van der Waals surface area contributed by atoms with Gasteiger partial charge in [-0.05, 0) is 39.3 Å². The van der Waals surface area contributed by atoms with E-state index in [1.54, 1.807) is 30.9 Å². The molecule has 1 aliphatic heterocycles. The van der Waals surface area contributed by atoms with Crippen molar-refractivity contribution in [2.45, 2.75) is 39.0 Å². The van der Waals surface area contributed by atoms with Gasteiger partial charge in [0.1, 0.15) is 23.4 Å². The molecule has 5 rings (SSSR count). The minimum Gasteiger partial charge on any atom is -0.389 e. The Hall–Kier alpha value is -3.47. The predicted molar refractivity (Wildman–Crippen MR) is 121 cm³/mol. The molecule has 0 spiro atoms. The van der Waals surface area contributed by atoms with Crippen molar-refractivity contribution < 1.29 is 13.9 Å². The minimum atomic E-state index is -0.990. The van der Waals surface area contributed by atoms with Crippen LogP contribution < -0.4 is 10.2 Å². The van der Waals surface area contributed by atoms with Crippen molar-refractivity contribution >= 4 is 28.6 Å². The Labute approximate surface area is 188 Å². The number of rotatable bonds is 5. The van der Waals surface area contributed by atoms with E-state index in [2.05, 4.69) is 30.4 Å². The van der Waals surface area contributed by atoms with E-state index in [4.69, 9.17) is 0 Å². The largest absolute Gasteiger partial charge is 0.389 e. The molecule has 1 aromatic carbocycles. The van der Waals surface area contributed by atoms with Gasteiger partial charge in [-0.1, -0.05) is 0 Å². The second kappa shape index (κ2) is 7.84. The summed E-state index contributed by atoms with van der Waals surface area (Å²) in [4.78, 5) is 20.0. The van der Waals surface area contributed by atoms with Crippen LogP contribution in [-0.4, -0.2) is 66.1 Å². The number of alkyl halides is 1. The Morgan fingerprint density at radius 1 is 1.15 bits per heavy atom. The Kier molecular flexibility index (Phi) is 5.08. The zero-order chi connectivity index (χ0) is 23.3. The second-order valence-electron chi connectivity index (χ2n) is 8.94. The molecule has 0 bridgehead atoms. The summed E-state index contributed by atoms with van der Waals surface area (Å²) in [5, 5.41) is 17.9. The number of hydrogen-bond donors (Lipinski definition) is 2.